The zero-order chi connectivity index (χ0) is 13.9. The van der Waals surface area contributed by atoms with Crippen molar-refractivity contribution in [3.05, 3.63) is 29.6 Å². The molecule has 19 heavy (non-hydrogen) atoms. The van der Waals surface area contributed by atoms with E-state index in [0.717, 1.165) is 12.0 Å². The Morgan fingerprint density at radius 2 is 1.95 bits per heavy atom. The highest BCUT2D eigenvalue weighted by atomic mass is 19.1. The molecule has 0 amide bonds. The van der Waals surface area contributed by atoms with Gasteiger partial charge in [0.05, 0.1) is 6.61 Å². The Hall–Kier alpha value is -1.17. The van der Waals surface area contributed by atoms with Gasteiger partial charge in [0.1, 0.15) is 18.2 Å². The first-order chi connectivity index (χ1) is 9.26. The highest BCUT2D eigenvalue weighted by Gasteiger charge is 2.01. The van der Waals surface area contributed by atoms with E-state index in [1.54, 1.807) is 7.11 Å². The normalized spacial score (nSPS) is 10.7. The SMILES string of the molecule is CNCc1cc(F)cc(OCCOCCCOC)c1. The molecule has 4 nitrogen and oxygen atoms in total. The van der Waals surface area contributed by atoms with E-state index >= 15 is 0 Å². The highest BCUT2D eigenvalue weighted by Crippen LogP contribution is 2.16. The van der Waals surface area contributed by atoms with Gasteiger partial charge in [-0.2, -0.15) is 0 Å². The first-order valence-corrected chi connectivity index (χ1v) is 6.40. The van der Waals surface area contributed by atoms with Crippen LogP contribution in [-0.2, 0) is 16.0 Å². The molecule has 1 aromatic rings. The van der Waals surface area contributed by atoms with Crippen LogP contribution in [-0.4, -0.2) is 40.6 Å². The Morgan fingerprint density at radius 1 is 1.11 bits per heavy atom. The van der Waals surface area contributed by atoms with Crippen LogP contribution in [0.2, 0.25) is 0 Å². The van der Waals surface area contributed by atoms with Crippen molar-refractivity contribution in [1.82, 2.24) is 5.32 Å². The van der Waals surface area contributed by atoms with Gasteiger partial charge < -0.3 is 19.5 Å². The van der Waals surface area contributed by atoms with Crippen molar-refractivity contribution in [1.29, 1.82) is 0 Å². The molecular weight excluding hydrogens is 249 g/mol. The summed E-state index contributed by atoms with van der Waals surface area (Å²) in [5, 5.41) is 2.98. The van der Waals surface area contributed by atoms with Crippen LogP contribution in [0.5, 0.6) is 5.75 Å². The molecule has 1 aromatic carbocycles. The summed E-state index contributed by atoms with van der Waals surface area (Å²) >= 11 is 0. The van der Waals surface area contributed by atoms with Gasteiger partial charge in [0, 0.05) is 32.9 Å². The maximum absolute atomic E-state index is 13.3. The Kier molecular flexibility index (Phi) is 8.13. The number of nitrogens with one attached hydrogen (secondary N) is 1. The van der Waals surface area contributed by atoms with E-state index in [-0.39, 0.29) is 5.82 Å². The first kappa shape index (κ1) is 15.9. The van der Waals surface area contributed by atoms with Crippen molar-refractivity contribution in [2.75, 3.05) is 40.6 Å². The Bertz CT molecular complexity index is 361. The zero-order valence-electron chi connectivity index (χ0n) is 11.6. The van der Waals surface area contributed by atoms with Crippen molar-refractivity contribution in [2.24, 2.45) is 0 Å². The van der Waals surface area contributed by atoms with Crippen molar-refractivity contribution >= 4 is 0 Å². The monoisotopic (exact) mass is 271 g/mol. The fourth-order valence-electron chi connectivity index (χ4n) is 1.64. The summed E-state index contributed by atoms with van der Waals surface area (Å²) in [6, 6.07) is 4.69. The molecule has 0 fully saturated rings. The number of hydrogen-bond acceptors (Lipinski definition) is 4. The topological polar surface area (TPSA) is 39.7 Å². The van der Waals surface area contributed by atoms with Crippen molar-refractivity contribution in [3.63, 3.8) is 0 Å². The lowest BCUT2D eigenvalue weighted by atomic mass is 10.2. The van der Waals surface area contributed by atoms with E-state index in [1.807, 2.05) is 13.1 Å². The fourth-order valence-corrected chi connectivity index (χ4v) is 1.64. The zero-order valence-corrected chi connectivity index (χ0v) is 11.6. The smallest absolute Gasteiger partial charge is 0.127 e. The van der Waals surface area contributed by atoms with Crippen LogP contribution in [0.15, 0.2) is 18.2 Å². The van der Waals surface area contributed by atoms with E-state index < -0.39 is 0 Å². The van der Waals surface area contributed by atoms with Crippen LogP contribution >= 0.6 is 0 Å². The van der Waals surface area contributed by atoms with Crippen LogP contribution in [0.1, 0.15) is 12.0 Å². The minimum atomic E-state index is -0.288. The summed E-state index contributed by atoms with van der Waals surface area (Å²) < 4.78 is 29.0. The van der Waals surface area contributed by atoms with Gasteiger partial charge in [-0.3, -0.25) is 0 Å². The van der Waals surface area contributed by atoms with Crippen molar-refractivity contribution in [3.8, 4) is 5.75 Å². The van der Waals surface area contributed by atoms with Gasteiger partial charge in [-0.05, 0) is 31.2 Å². The summed E-state index contributed by atoms with van der Waals surface area (Å²) in [4.78, 5) is 0. The average Bonchev–Trinajstić information content (AvgIpc) is 2.37. The first-order valence-electron chi connectivity index (χ1n) is 6.40. The molecular formula is C14H22FNO3. The van der Waals surface area contributed by atoms with Crippen molar-refractivity contribution < 1.29 is 18.6 Å². The fraction of sp³-hybridized carbons (Fsp3) is 0.571. The van der Waals surface area contributed by atoms with Crippen LogP contribution < -0.4 is 10.1 Å². The minimum Gasteiger partial charge on any atom is -0.491 e. The van der Waals surface area contributed by atoms with Gasteiger partial charge >= 0.3 is 0 Å². The maximum Gasteiger partial charge on any atom is 0.127 e. The molecule has 0 aliphatic heterocycles. The van der Waals surface area contributed by atoms with Crippen molar-refractivity contribution in [2.45, 2.75) is 13.0 Å². The highest BCUT2D eigenvalue weighted by molar-refractivity contribution is 5.29. The largest absolute Gasteiger partial charge is 0.491 e. The summed E-state index contributed by atoms with van der Waals surface area (Å²) in [6.07, 6.45) is 0.864. The molecule has 5 heteroatoms. The molecule has 0 heterocycles. The summed E-state index contributed by atoms with van der Waals surface area (Å²) in [6.45, 7) is 2.85. The lowest BCUT2D eigenvalue weighted by molar-refractivity contribution is 0.0805. The molecule has 1 rings (SSSR count). The molecule has 0 unspecified atom stereocenters. The molecule has 0 bridgehead atoms. The number of benzene rings is 1. The predicted molar refractivity (Wildman–Crippen MR) is 72.0 cm³/mol. The maximum atomic E-state index is 13.3. The number of rotatable bonds is 10. The van der Waals surface area contributed by atoms with Gasteiger partial charge in [-0.1, -0.05) is 0 Å². The molecule has 0 aliphatic carbocycles. The second-order valence-corrected chi connectivity index (χ2v) is 4.13. The van der Waals surface area contributed by atoms with Crippen LogP contribution in [0.25, 0.3) is 0 Å². The molecule has 0 aromatic heterocycles. The molecule has 1 N–H and O–H groups in total. The second-order valence-electron chi connectivity index (χ2n) is 4.13. The van der Waals surface area contributed by atoms with Gasteiger partial charge in [-0.25, -0.2) is 4.39 Å². The van der Waals surface area contributed by atoms with E-state index in [4.69, 9.17) is 14.2 Å². The van der Waals surface area contributed by atoms with Gasteiger partial charge in [0.25, 0.3) is 0 Å². The van der Waals surface area contributed by atoms with E-state index in [1.165, 1.54) is 12.1 Å². The van der Waals surface area contributed by atoms with Gasteiger partial charge in [-0.15, -0.1) is 0 Å². The Balaban J connectivity index is 2.25. The lowest BCUT2D eigenvalue weighted by Crippen LogP contribution is -2.09. The molecule has 108 valence electrons. The van der Waals surface area contributed by atoms with Crippen LogP contribution in [0, 0.1) is 5.82 Å². The predicted octanol–water partition coefficient (Wildman–Crippen LogP) is 1.98. The number of methoxy groups -OCH3 is 1. The van der Waals surface area contributed by atoms with Crippen LogP contribution in [0.4, 0.5) is 4.39 Å². The molecule has 0 radical (unpaired) electrons. The average molecular weight is 271 g/mol. The van der Waals surface area contributed by atoms with E-state index in [9.17, 15) is 4.39 Å². The lowest BCUT2D eigenvalue weighted by Gasteiger charge is -2.09. The quantitative estimate of drug-likeness (QED) is 0.661. The van der Waals surface area contributed by atoms with Crippen LogP contribution in [0.3, 0.4) is 0 Å². The standard InChI is InChI=1S/C14H22FNO3/c1-16-11-12-8-13(15)10-14(9-12)19-7-6-18-5-3-4-17-2/h8-10,16H,3-7,11H2,1-2H3. The van der Waals surface area contributed by atoms with Gasteiger partial charge in [0.15, 0.2) is 0 Å². The third kappa shape index (κ3) is 7.10. The second kappa shape index (κ2) is 9.72. The molecule has 0 saturated carbocycles. The van der Waals surface area contributed by atoms with E-state index in [2.05, 4.69) is 5.32 Å². The number of halogens is 1. The summed E-state index contributed by atoms with van der Waals surface area (Å²) in [5.41, 5.74) is 0.860. The summed E-state index contributed by atoms with van der Waals surface area (Å²) in [5.74, 6) is 0.245. The Morgan fingerprint density at radius 3 is 2.68 bits per heavy atom. The number of hydrogen-bond donors (Lipinski definition) is 1. The summed E-state index contributed by atoms with van der Waals surface area (Å²) in [7, 11) is 3.48. The molecule has 0 spiro atoms. The molecule has 0 aliphatic rings. The third-order valence-corrected chi connectivity index (χ3v) is 2.45. The van der Waals surface area contributed by atoms with Gasteiger partial charge in [0.2, 0.25) is 0 Å². The minimum absolute atomic E-state index is 0.288. The molecule has 0 atom stereocenters. The third-order valence-electron chi connectivity index (χ3n) is 2.45. The molecule has 0 saturated heterocycles. The van der Waals surface area contributed by atoms with E-state index in [0.29, 0.717) is 38.7 Å². The number of ether oxygens (including phenoxy) is 3. The Labute approximate surface area is 113 Å².